The zero-order valence-corrected chi connectivity index (χ0v) is 11.2. The van der Waals surface area contributed by atoms with E-state index < -0.39 is 17.7 Å². The lowest BCUT2D eigenvalue weighted by Crippen LogP contribution is -2.03. The molecule has 0 aliphatic rings. The van der Waals surface area contributed by atoms with Crippen LogP contribution in [0.3, 0.4) is 0 Å². The molecule has 0 radical (unpaired) electrons. The highest BCUT2D eigenvalue weighted by atomic mass is 79.9. The van der Waals surface area contributed by atoms with Gasteiger partial charge < -0.3 is 5.11 Å². The monoisotopic (exact) mass is 312 g/mol. The van der Waals surface area contributed by atoms with E-state index in [1.807, 2.05) is 13.0 Å². The number of aliphatic hydroxyl groups excluding tert-OH is 1. The van der Waals surface area contributed by atoms with E-state index in [2.05, 4.69) is 15.9 Å². The maximum absolute atomic E-state index is 13.6. The van der Waals surface area contributed by atoms with Gasteiger partial charge in [-0.2, -0.15) is 0 Å². The van der Waals surface area contributed by atoms with Gasteiger partial charge in [-0.25, -0.2) is 8.78 Å². The van der Waals surface area contributed by atoms with Gasteiger partial charge in [0.1, 0.15) is 17.7 Å². The molecule has 1 unspecified atom stereocenters. The molecule has 18 heavy (non-hydrogen) atoms. The lowest BCUT2D eigenvalue weighted by atomic mass is 9.99. The van der Waals surface area contributed by atoms with Crippen molar-refractivity contribution in [3.8, 4) is 0 Å². The number of halogens is 3. The topological polar surface area (TPSA) is 20.2 Å². The number of hydrogen-bond donors (Lipinski definition) is 1. The maximum Gasteiger partial charge on any atom is 0.129 e. The van der Waals surface area contributed by atoms with Crippen LogP contribution in [0.15, 0.2) is 40.9 Å². The molecule has 2 aromatic rings. The zero-order valence-electron chi connectivity index (χ0n) is 9.62. The summed E-state index contributed by atoms with van der Waals surface area (Å²) in [5.41, 5.74) is 1.38. The first-order valence-electron chi connectivity index (χ1n) is 5.37. The number of aliphatic hydroxyl groups is 1. The van der Waals surface area contributed by atoms with Crippen molar-refractivity contribution in [3.05, 3.63) is 69.2 Å². The quantitative estimate of drug-likeness (QED) is 0.884. The zero-order chi connectivity index (χ0) is 13.3. The second kappa shape index (κ2) is 5.16. The van der Waals surface area contributed by atoms with E-state index in [0.717, 1.165) is 28.2 Å². The van der Waals surface area contributed by atoms with E-state index in [9.17, 15) is 13.9 Å². The maximum atomic E-state index is 13.6. The molecular formula is C14H11BrF2O. The third-order valence-corrected chi connectivity index (χ3v) is 3.09. The molecular weight excluding hydrogens is 302 g/mol. The first-order chi connectivity index (χ1) is 8.47. The summed E-state index contributed by atoms with van der Waals surface area (Å²) in [4.78, 5) is 0. The van der Waals surface area contributed by atoms with E-state index in [1.54, 1.807) is 12.1 Å². The van der Waals surface area contributed by atoms with Crippen molar-refractivity contribution >= 4 is 15.9 Å². The van der Waals surface area contributed by atoms with Gasteiger partial charge in [-0.3, -0.25) is 0 Å². The standard InChI is InChI=1S/C14H11BrF2O/c1-8-4-9(6-10(15)5-8)14(18)12-7-11(16)2-3-13(12)17/h2-7,14,18H,1H3. The van der Waals surface area contributed by atoms with Gasteiger partial charge in [0.15, 0.2) is 0 Å². The van der Waals surface area contributed by atoms with Gasteiger partial charge in [-0.15, -0.1) is 0 Å². The Kier molecular flexibility index (Phi) is 3.78. The Hall–Kier alpha value is -1.26. The fourth-order valence-electron chi connectivity index (χ4n) is 1.83. The predicted octanol–water partition coefficient (Wildman–Crippen LogP) is 4.12. The van der Waals surface area contributed by atoms with Crippen molar-refractivity contribution in [1.29, 1.82) is 0 Å². The highest BCUT2D eigenvalue weighted by molar-refractivity contribution is 9.10. The molecule has 1 nitrogen and oxygen atoms in total. The average molecular weight is 313 g/mol. The summed E-state index contributed by atoms with van der Waals surface area (Å²) in [7, 11) is 0. The second-order valence-electron chi connectivity index (χ2n) is 4.13. The van der Waals surface area contributed by atoms with Gasteiger partial charge in [0, 0.05) is 10.0 Å². The molecule has 2 aromatic carbocycles. The molecule has 0 heterocycles. The van der Waals surface area contributed by atoms with Gasteiger partial charge in [-0.05, 0) is 48.4 Å². The van der Waals surface area contributed by atoms with E-state index in [-0.39, 0.29) is 5.56 Å². The Morgan fingerprint density at radius 2 is 1.83 bits per heavy atom. The van der Waals surface area contributed by atoms with E-state index in [1.165, 1.54) is 0 Å². The molecule has 0 aliphatic heterocycles. The molecule has 2 rings (SSSR count). The minimum atomic E-state index is -1.18. The van der Waals surface area contributed by atoms with E-state index >= 15 is 0 Å². The highest BCUT2D eigenvalue weighted by Crippen LogP contribution is 2.28. The minimum Gasteiger partial charge on any atom is -0.384 e. The second-order valence-corrected chi connectivity index (χ2v) is 5.05. The fraction of sp³-hybridized carbons (Fsp3) is 0.143. The third kappa shape index (κ3) is 2.76. The minimum absolute atomic E-state index is 0.0625. The molecule has 0 saturated carbocycles. The summed E-state index contributed by atoms with van der Waals surface area (Å²) >= 11 is 3.31. The Morgan fingerprint density at radius 3 is 2.50 bits per heavy atom. The molecule has 0 fully saturated rings. The third-order valence-electron chi connectivity index (χ3n) is 2.63. The summed E-state index contributed by atoms with van der Waals surface area (Å²) in [5, 5.41) is 10.1. The molecule has 0 bridgehead atoms. The van der Waals surface area contributed by atoms with Gasteiger partial charge in [0.2, 0.25) is 0 Å². The van der Waals surface area contributed by atoms with Crippen molar-refractivity contribution in [2.45, 2.75) is 13.0 Å². The smallest absolute Gasteiger partial charge is 0.129 e. The SMILES string of the molecule is Cc1cc(Br)cc(C(O)c2cc(F)ccc2F)c1. The average Bonchev–Trinajstić information content (AvgIpc) is 2.30. The first kappa shape index (κ1) is 13.2. The van der Waals surface area contributed by atoms with Crippen LogP contribution in [0.5, 0.6) is 0 Å². The largest absolute Gasteiger partial charge is 0.384 e. The molecule has 0 amide bonds. The first-order valence-corrected chi connectivity index (χ1v) is 6.17. The van der Waals surface area contributed by atoms with Crippen LogP contribution in [-0.2, 0) is 0 Å². The van der Waals surface area contributed by atoms with Crippen LogP contribution in [0.4, 0.5) is 8.78 Å². The van der Waals surface area contributed by atoms with Crippen molar-refractivity contribution in [1.82, 2.24) is 0 Å². The van der Waals surface area contributed by atoms with Crippen LogP contribution in [0.1, 0.15) is 22.8 Å². The van der Waals surface area contributed by atoms with Crippen molar-refractivity contribution in [2.24, 2.45) is 0 Å². The normalized spacial score (nSPS) is 12.5. The van der Waals surface area contributed by atoms with Crippen LogP contribution in [-0.4, -0.2) is 5.11 Å². The Morgan fingerprint density at radius 1 is 1.11 bits per heavy atom. The number of aryl methyl sites for hydroxylation is 1. The van der Waals surface area contributed by atoms with Gasteiger partial charge >= 0.3 is 0 Å². The molecule has 0 spiro atoms. The van der Waals surface area contributed by atoms with Gasteiger partial charge in [-0.1, -0.05) is 22.0 Å². The molecule has 4 heteroatoms. The molecule has 94 valence electrons. The van der Waals surface area contributed by atoms with E-state index in [0.29, 0.717) is 5.56 Å². The Balaban J connectivity index is 2.47. The van der Waals surface area contributed by atoms with Crippen LogP contribution in [0, 0.1) is 18.6 Å². The van der Waals surface area contributed by atoms with Crippen molar-refractivity contribution in [3.63, 3.8) is 0 Å². The van der Waals surface area contributed by atoms with Crippen molar-refractivity contribution < 1.29 is 13.9 Å². The molecule has 1 atom stereocenters. The number of benzene rings is 2. The summed E-state index contributed by atoms with van der Waals surface area (Å²) < 4.78 is 27.4. The lowest BCUT2D eigenvalue weighted by Gasteiger charge is -2.13. The lowest BCUT2D eigenvalue weighted by molar-refractivity contribution is 0.214. The Labute approximate surface area is 112 Å². The molecule has 0 aliphatic carbocycles. The molecule has 1 N–H and O–H groups in total. The summed E-state index contributed by atoms with van der Waals surface area (Å²) in [5.74, 6) is -1.20. The molecule has 0 aromatic heterocycles. The summed E-state index contributed by atoms with van der Waals surface area (Å²) in [6.45, 7) is 1.86. The van der Waals surface area contributed by atoms with Gasteiger partial charge in [0.25, 0.3) is 0 Å². The summed E-state index contributed by atoms with van der Waals surface area (Å²) in [6, 6.07) is 8.34. The van der Waals surface area contributed by atoms with Gasteiger partial charge in [0.05, 0.1) is 0 Å². The Bertz CT molecular complexity index is 564. The highest BCUT2D eigenvalue weighted by Gasteiger charge is 2.16. The molecule has 0 saturated heterocycles. The number of rotatable bonds is 2. The van der Waals surface area contributed by atoms with E-state index in [4.69, 9.17) is 0 Å². The fourth-order valence-corrected chi connectivity index (χ4v) is 2.45. The van der Waals surface area contributed by atoms with Crippen LogP contribution in [0.2, 0.25) is 0 Å². The van der Waals surface area contributed by atoms with Crippen LogP contribution >= 0.6 is 15.9 Å². The predicted molar refractivity (Wildman–Crippen MR) is 69.3 cm³/mol. The number of hydrogen-bond acceptors (Lipinski definition) is 1. The summed E-state index contributed by atoms with van der Waals surface area (Å²) in [6.07, 6.45) is -1.18. The van der Waals surface area contributed by atoms with Crippen molar-refractivity contribution in [2.75, 3.05) is 0 Å². The van der Waals surface area contributed by atoms with Crippen LogP contribution < -0.4 is 0 Å². The van der Waals surface area contributed by atoms with Crippen LogP contribution in [0.25, 0.3) is 0 Å².